The molecule has 1 aliphatic rings. The molecule has 2 aromatic rings. The van der Waals surface area contributed by atoms with E-state index < -0.39 is 0 Å². The molecule has 0 spiro atoms. The van der Waals surface area contributed by atoms with Crippen molar-refractivity contribution in [1.82, 2.24) is 5.32 Å². The second-order valence-corrected chi connectivity index (χ2v) is 9.17. The summed E-state index contributed by atoms with van der Waals surface area (Å²) in [4.78, 5) is 2.13. The Morgan fingerprint density at radius 2 is 1.68 bits per heavy atom. The largest absolute Gasteiger partial charge is 0.378 e. The number of benzene rings is 2. The first kappa shape index (κ1) is 20.9. The number of ether oxygens (including phenoxy) is 1. The molecule has 0 aliphatic carbocycles. The number of nitrogens with one attached hydrogen (secondary N) is 1. The van der Waals surface area contributed by atoms with Crippen LogP contribution in [0.1, 0.15) is 49.8 Å². The lowest BCUT2D eigenvalue weighted by molar-refractivity contribution is -0.0840. The molecule has 0 amide bonds. The number of hydrogen-bond donors (Lipinski definition) is 1. The number of anilines is 1. The first-order valence-corrected chi connectivity index (χ1v) is 10.5. The summed E-state index contributed by atoms with van der Waals surface area (Å²) in [6.45, 7) is 9.39. The van der Waals surface area contributed by atoms with Crippen LogP contribution in [0.2, 0.25) is 0 Å². The van der Waals surface area contributed by atoms with Gasteiger partial charge in [0.25, 0.3) is 0 Å². The maximum atomic E-state index is 6.05. The SMILES string of the molecule is Cc1ccc([C@]2(CCNCc3ccc(N(C)C)cc3)CCOC(C)(C)C2)cc1. The summed E-state index contributed by atoms with van der Waals surface area (Å²) in [5, 5.41) is 3.68. The van der Waals surface area contributed by atoms with Crippen molar-refractivity contribution >= 4 is 5.69 Å². The maximum absolute atomic E-state index is 6.05. The van der Waals surface area contributed by atoms with Crippen molar-refractivity contribution in [2.24, 2.45) is 0 Å². The highest BCUT2D eigenvalue weighted by atomic mass is 16.5. The van der Waals surface area contributed by atoms with Gasteiger partial charge in [-0.3, -0.25) is 0 Å². The Labute approximate surface area is 171 Å². The lowest BCUT2D eigenvalue weighted by atomic mass is 9.67. The molecule has 0 bridgehead atoms. The van der Waals surface area contributed by atoms with E-state index in [1.165, 1.54) is 22.4 Å². The standard InChI is InChI=1S/C25H36N2O/c1-20-6-10-22(11-7-20)25(15-17-28-24(2,3)19-25)14-16-26-18-21-8-12-23(13-9-21)27(4)5/h6-13,26H,14-19H2,1-5H3/t25-/m1/s1. The van der Waals surface area contributed by atoms with Crippen LogP contribution in [0.4, 0.5) is 5.69 Å². The molecule has 1 fully saturated rings. The van der Waals surface area contributed by atoms with Crippen molar-refractivity contribution < 1.29 is 4.74 Å². The predicted molar refractivity (Wildman–Crippen MR) is 119 cm³/mol. The second-order valence-electron chi connectivity index (χ2n) is 9.17. The fourth-order valence-corrected chi connectivity index (χ4v) is 4.46. The molecule has 1 heterocycles. The molecule has 2 aromatic carbocycles. The van der Waals surface area contributed by atoms with Gasteiger partial charge >= 0.3 is 0 Å². The quantitative estimate of drug-likeness (QED) is 0.679. The van der Waals surface area contributed by atoms with Crippen LogP contribution in [0.3, 0.4) is 0 Å². The summed E-state index contributed by atoms with van der Waals surface area (Å²) < 4.78 is 6.05. The van der Waals surface area contributed by atoms with Crippen molar-refractivity contribution in [3.8, 4) is 0 Å². The van der Waals surface area contributed by atoms with Gasteiger partial charge in [-0.1, -0.05) is 42.0 Å². The van der Waals surface area contributed by atoms with E-state index in [9.17, 15) is 0 Å². The van der Waals surface area contributed by atoms with Crippen LogP contribution in [0.15, 0.2) is 48.5 Å². The summed E-state index contributed by atoms with van der Waals surface area (Å²) in [6.07, 6.45) is 3.31. The fraction of sp³-hybridized carbons (Fsp3) is 0.520. The minimum atomic E-state index is -0.0643. The average Bonchev–Trinajstić information content (AvgIpc) is 2.65. The molecule has 3 nitrogen and oxygen atoms in total. The Hall–Kier alpha value is -1.84. The summed E-state index contributed by atoms with van der Waals surface area (Å²) in [5.41, 5.74) is 5.49. The van der Waals surface area contributed by atoms with Gasteiger partial charge in [-0.05, 0) is 69.8 Å². The smallest absolute Gasteiger partial charge is 0.0635 e. The van der Waals surface area contributed by atoms with E-state index in [1.54, 1.807) is 0 Å². The lowest BCUT2D eigenvalue weighted by Gasteiger charge is -2.45. The van der Waals surface area contributed by atoms with Gasteiger partial charge in [-0.15, -0.1) is 0 Å². The highest BCUT2D eigenvalue weighted by Crippen LogP contribution is 2.43. The summed E-state index contributed by atoms with van der Waals surface area (Å²) >= 11 is 0. The summed E-state index contributed by atoms with van der Waals surface area (Å²) in [6, 6.07) is 18.0. The Balaban J connectivity index is 1.64. The van der Waals surface area contributed by atoms with Crippen molar-refractivity contribution in [2.45, 2.75) is 57.6 Å². The van der Waals surface area contributed by atoms with Crippen molar-refractivity contribution in [3.05, 3.63) is 65.2 Å². The second kappa shape index (κ2) is 8.67. The van der Waals surface area contributed by atoms with E-state index >= 15 is 0 Å². The van der Waals surface area contributed by atoms with Crippen molar-refractivity contribution in [3.63, 3.8) is 0 Å². The van der Waals surface area contributed by atoms with Crippen LogP contribution in [0.25, 0.3) is 0 Å². The predicted octanol–water partition coefficient (Wildman–Crippen LogP) is 5.07. The van der Waals surface area contributed by atoms with Gasteiger partial charge in [0.1, 0.15) is 0 Å². The molecule has 0 unspecified atom stereocenters. The minimum absolute atomic E-state index is 0.0643. The zero-order valence-electron chi connectivity index (χ0n) is 18.2. The summed E-state index contributed by atoms with van der Waals surface area (Å²) in [7, 11) is 4.15. The summed E-state index contributed by atoms with van der Waals surface area (Å²) in [5.74, 6) is 0. The third-order valence-corrected chi connectivity index (χ3v) is 6.06. The molecule has 152 valence electrons. The van der Waals surface area contributed by atoms with Gasteiger partial charge in [-0.2, -0.15) is 0 Å². The van der Waals surface area contributed by atoms with Crippen molar-refractivity contribution in [1.29, 1.82) is 0 Å². The van der Waals surface area contributed by atoms with E-state index in [4.69, 9.17) is 4.74 Å². The Morgan fingerprint density at radius 1 is 1.00 bits per heavy atom. The Kier molecular flexibility index (Phi) is 6.47. The maximum Gasteiger partial charge on any atom is 0.0635 e. The monoisotopic (exact) mass is 380 g/mol. The minimum Gasteiger partial charge on any atom is -0.378 e. The first-order chi connectivity index (χ1) is 13.3. The molecule has 3 heteroatoms. The zero-order chi connectivity index (χ0) is 20.2. The van der Waals surface area contributed by atoms with Gasteiger partial charge in [-0.25, -0.2) is 0 Å². The molecule has 0 aromatic heterocycles. The van der Waals surface area contributed by atoms with E-state index in [2.05, 4.69) is 93.6 Å². The number of nitrogens with zero attached hydrogens (tertiary/aromatic N) is 1. The van der Waals surface area contributed by atoms with Crippen LogP contribution in [0, 0.1) is 6.92 Å². The topological polar surface area (TPSA) is 24.5 Å². The van der Waals surface area contributed by atoms with Crippen molar-refractivity contribution in [2.75, 3.05) is 32.1 Å². The van der Waals surface area contributed by atoms with E-state index in [0.717, 1.165) is 39.0 Å². The molecular weight excluding hydrogens is 344 g/mol. The molecule has 1 atom stereocenters. The third-order valence-electron chi connectivity index (χ3n) is 6.06. The van der Waals surface area contributed by atoms with Gasteiger partial charge < -0.3 is 15.0 Å². The van der Waals surface area contributed by atoms with Gasteiger partial charge in [0.15, 0.2) is 0 Å². The highest BCUT2D eigenvalue weighted by Gasteiger charge is 2.41. The third kappa shape index (κ3) is 5.15. The number of rotatable bonds is 7. The van der Waals surface area contributed by atoms with Gasteiger partial charge in [0, 0.05) is 38.3 Å². The molecule has 1 aliphatic heterocycles. The Bertz CT molecular complexity index is 749. The molecule has 1 saturated heterocycles. The van der Waals surface area contributed by atoms with Gasteiger partial charge in [0.05, 0.1) is 5.60 Å². The van der Waals surface area contributed by atoms with Crippen LogP contribution in [0.5, 0.6) is 0 Å². The fourth-order valence-electron chi connectivity index (χ4n) is 4.46. The Morgan fingerprint density at radius 3 is 2.29 bits per heavy atom. The van der Waals surface area contributed by atoms with E-state index in [1.807, 2.05) is 0 Å². The van der Waals surface area contributed by atoms with E-state index in [-0.39, 0.29) is 11.0 Å². The van der Waals surface area contributed by atoms with Crippen LogP contribution in [-0.2, 0) is 16.7 Å². The lowest BCUT2D eigenvalue weighted by Crippen LogP contribution is -2.45. The normalized spacial score (nSPS) is 21.5. The molecule has 0 radical (unpaired) electrons. The van der Waals surface area contributed by atoms with Gasteiger partial charge in [0.2, 0.25) is 0 Å². The molecule has 0 saturated carbocycles. The molecule has 3 rings (SSSR count). The van der Waals surface area contributed by atoms with Crippen LogP contribution < -0.4 is 10.2 Å². The zero-order valence-corrected chi connectivity index (χ0v) is 18.2. The number of aryl methyl sites for hydroxylation is 1. The number of hydrogen-bond acceptors (Lipinski definition) is 3. The average molecular weight is 381 g/mol. The first-order valence-electron chi connectivity index (χ1n) is 10.5. The van der Waals surface area contributed by atoms with Crippen LogP contribution in [-0.4, -0.2) is 32.8 Å². The van der Waals surface area contributed by atoms with Crippen LogP contribution >= 0.6 is 0 Å². The molecule has 1 N–H and O–H groups in total. The van der Waals surface area contributed by atoms with E-state index in [0.29, 0.717) is 0 Å². The molecular formula is C25H36N2O. The highest BCUT2D eigenvalue weighted by molar-refractivity contribution is 5.45. The molecule has 28 heavy (non-hydrogen) atoms.